The van der Waals surface area contributed by atoms with E-state index in [4.69, 9.17) is 4.74 Å². The Morgan fingerprint density at radius 2 is 1.69 bits per heavy atom. The van der Waals surface area contributed by atoms with Crippen LogP contribution in [-0.4, -0.2) is 37.6 Å². The van der Waals surface area contributed by atoms with E-state index >= 15 is 0 Å². The maximum absolute atomic E-state index is 12.2. The zero-order valence-corrected chi connectivity index (χ0v) is 13.9. The van der Waals surface area contributed by atoms with Crippen LogP contribution >= 0.6 is 0 Å². The molecule has 2 aromatic carbocycles. The number of methoxy groups -OCH3 is 1. The Labute approximate surface area is 148 Å². The summed E-state index contributed by atoms with van der Waals surface area (Å²) in [6.07, 6.45) is -4.80. The van der Waals surface area contributed by atoms with Crippen LogP contribution in [0.4, 0.5) is 13.2 Å². The number of halogens is 3. The Kier molecular flexibility index (Phi) is 6.23. The van der Waals surface area contributed by atoms with Gasteiger partial charge in [-0.1, -0.05) is 30.3 Å². The Balaban J connectivity index is 2.04. The van der Waals surface area contributed by atoms with E-state index in [-0.39, 0.29) is 18.7 Å². The summed E-state index contributed by atoms with van der Waals surface area (Å²) in [5.41, 5.74) is -0.742. The van der Waals surface area contributed by atoms with Crippen molar-refractivity contribution in [3.8, 4) is 5.75 Å². The highest BCUT2D eigenvalue weighted by Crippen LogP contribution is 2.23. The number of alkyl halides is 3. The van der Waals surface area contributed by atoms with Gasteiger partial charge in [0.2, 0.25) is 0 Å². The highest BCUT2D eigenvalue weighted by molar-refractivity contribution is 5.94. The van der Waals surface area contributed by atoms with E-state index in [2.05, 4.69) is 10.1 Å². The Bertz CT molecular complexity index is 719. The fourth-order valence-corrected chi connectivity index (χ4v) is 2.36. The summed E-state index contributed by atoms with van der Waals surface area (Å²) in [5, 5.41) is 13.3. The molecule has 0 spiro atoms. The number of hydrogen-bond donors (Lipinski definition) is 2. The third-order valence-electron chi connectivity index (χ3n) is 3.59. The lowest BCUT2D eigenvalue weighted by Crippen LogP contribution is -2.44. The summed E-state index contributed by atoms with van der Waals surface area (Å²) in [6.45, 7) is -0.180. The highest BCUT2D eigenvalue weighted by Gasteiger charge is 2.31. The predicted molar refractivity (Wildman–Crippen MR) is 87.7 cm³/mol. The maximum atomic E-state index is 12.2. The van der Waals surface area contributed by atoms with Crippen LogP contribution in [0.2, 0.25) is 0 Å². The minimum absolute atomic E-state index is 0.0460. The molecule has 1 amide bonds. The van der Waals surface area contributed by atoms with Crippen LogP contribution in [0.15, 0.2) is 54.6 Å². The molecule has 5 nitrogen and oxygen atoms in total. The van der Waals surface area contributed by atoms with Crippen LogP contribution in [0.25, 0.3) is 0 Å². The summed E-state index contributed by atoms with van der Waals surface area (Å²) >= 11 is 0. The van der Waals surface area contributed by atoms with Crippen LogP contribution in [-0.2, 0) is 10.3 Å². The van der Waals surface area contributed by atoms with Gasteiger partial charge in [-0.2, -0.15) is 0 Å². The predicted octanol–water partition coefficient (Wildman–Crippen LogP) is 2.85. The molecule has 0 saturated carbocycles. The number of amides is 1. The van der Waals surface area contributed by atoms with Gasteiger partial charge in [-0.25, -0.2) is 0 Å². The van der Waals surface area contributed by atoms with Gasteiger partial charge in [0.05, 0.1) is 13.2 Å². The molecule has 2 aromatic rings. The maximum Gasteiger partial charge on any atom is 0.573 e. The molecule has 0 fully saturated rings. The van der Waals surface area contributed by atoms with Gasteiger partial charge in [0.1, 0.15) is 11.4 Å². The van der Waals surface area contributed by atoms with Gasteiger partial charge < -0.3 is 19.9 Å². The number of carbonyl (C=O) groups excluding carboxylic acids is 1. The second-order valence-corrected chi connectivity index (χ2v) is 5.59. The first-order valence-electron chi connectivity index (χ1n) is 7.64. The van der Waals surface area contributed by atoms with Gasteiger partial charge in [0.25, 0.3) is 5.91 Å². The molecular weight excluding hydrogens is 351 g/mol. The molecule has 0 aliphatic heterocycles. The molecule has 1 atom stereocenters. The standard InChI is InChI=1S/C18H18F3NO4/c1-25-12-17(24,14-5-3-2-4-6-14)11-22-16(23)13-7-9-15(10-8-13)26-18(19,20)21/h2-10,24H,11-12H2,1H3,(H,22,23)/t17-/m1/s1. The zero-order valence-electron chi connectivity index (χ0n) is 13.9. The molecule has 2 N–H and O–H groups in total. The fourth-order valence-electron chi connectivity index (χ4n) is 2.36. The molecule has 0 unspecified atom stereocenters. The number of ether oxygens (including phenoxy) is 2. The van der Waals surface area contributed by atoms with E-state index in [9.17, 15) is 23.1 Å². The lowest BCUT2D eigenvalue weighted by Gasteiger charge is -2.28. The lowest BCUT2D eigenvalue weighted by atomic mass is 9.94. The summed E-state index contributed by atoms with van der Waals surface area (Å²) in [4.78, 5) is 12.2. The van der Waals surface area contributed by atoms with E-state index in [0.717, 1.165) is 12.1 Å². The van der Waals surface area contributed by atoms with Crippen molar-refractivity contribution in [2.75, 3.05) is 20.3 Å². The number of carbonyl (C=O) groups is 1. The molecule has 0 saturated heterocycles. The third kappa shape index (κ3) is 5.47. The van der Waals surface area contributed by atoms with Gasteiger partial charge >= 0.3 is 6.36 Å². The SMILES string of the molecule is COC[C@](O)(CNC(=O)c1ccc(OC(F)(F)F)cc1)c1ccccc1. The van der Waals surface area contributed by atoms with E-state index in [1.54, 1.807) is 30.3 Å². The molecule has 0 heterocycles. The Morgan fingerprint density at radius 3 is 2.23 bits per heavy atom. The molecule has 140 valence electrons. The lowest BCUT2D eigenvalue weighted by molar-refractivity contribution is -0.274. The van der Waals surface area contributed by atoms with E-state index in [0.29, 0.717) is 5.56 Å². The van der Waals surface area contributed by atoms with Crippen LogP contribution < -0.4 is 10.1 Å². The van der Waals surface area contributed by atoms with Crippen molar-refractivity contribution in [1.82, 2.24) is 5.32 Å². The molecule has 0 bridgehead atoms. The smallest absolute Gasteiger partial charge is 0.406 e. The number of nitrogens with one attached hydrogen (secondary N) is 1. The molecule has 26 heavy (non-hydrogen) atoms. The summed E-state index contributed by atoms with van der Waals surface area (Å²) in [5.74, 6) is -0.969. The van der Waals surface area contributed by atoms with Gasteiger partial charge in [-0.3, -0.25) is 4.79 Å². The minimum Gasteiger partial charge on any atom is -0.406 e. The average Bonchev–Trinajstić information content (AvgIpc) is 2.60. The van der Waals surface area contributed by atoms with Gasteiger partial charge in [-0.05, 0) is 29.8 Å². The van der Waals surface area contributed by atoms with Gasteiger partial charge in [0.15, 0.2) is 0 Å². The Hall–Kier alpha value is -2.58. The topological polar surface area (TPSA) is 67.8 Å². The molecule has 0 radical (unpaired) electrons. The van der Waals surface area contributed by atoms with Crippen molar-refractivity contribution in [3.63, 3.8) is 0 Å². The molecule has 0 aromatic heterocycles. The fraction of sp³-hybridized carbons (Fsp3) is 0.278. The highest BCUT2D eigenvalue weighted by atomic mass is 19.4. The van der Waals surface area contributed by atoms with E-state index < -0.39 is 23.6 Å². The molecular formula is C18H18F3NO4. The van der Waals surface area contributed by atoms with Crippen LogP contribution in [0.3, 0.4) is 0 Å². The van der Waals surface area contributed by atoms with Gasteiger partial charge in [0, 0.05) is 12.7 Å². The first-order chi connectivity index (χ1) is 12.2. The first kappa shape index (κ1) is 19.7. The number of rotatable bonds is 7. The number of benzene rings is 2. The quantitative estimate of drug-likeness (QED) is 0.788. The normalized spacial score (nSPS) is 13.7. The number of hydrogen-bond acceptors (Lipinski definition) is 4. The number of aliphatic hydroxyl groups is 1. The molecule has 0 aliphatic rings. The van der Waals surface area contributed by atoms with Crippen molar-refractivity contribution in [2.24, 2.45) is 0 Å². The van der Waals surface area contributed by atoms with E-state index in [1.807, 2.05) is 0 Å². The Morgan fingerprint density at radius 1 is 1.08 bits per heavy atom. The van der Waals surface area contributed by atoms with Gasteiger partial charge in [-0.15, -0.1) is 13.2 Å². The van der Waals surface area contributed by atoms with Crippen molar-refractivity contribution in [3.05, 3.63) is 65.7 Å². The third-order valence-corrected chi connectivity index (χ3v) is 3.59. The second-order valence-electron chi connectivity index (χ2n) is 5.59. The van der Waals surface area contributed by atoms with Crippen molar-refractivity contribution < 1.29 is 32.5 Å². The minimum atomic E-state index is -4.80. The first-order valence-corrected chi connectivity index (χ1v) is 7.64. The van der Waals surface area contributed by atoms with Crippen LogP contribution in [0.1, 0.15) is 15.9 Å². The van der Waals surface area contributed by atoms with Crippen LogP contribution in [0.5, 0.6) is 5.75 Å². The molecule has 0 aliphatic carbocycles. The van der Waals surface area contributed by atoms with Crippen molar-refractivity contribution in [2.45, 2.75) is 12.0 Å². The summed E-state index contributed by atoms with van der Waals surface area (Å²) in [7, 11) is 1.43. The largest absolute Gasteiger partial charge is 0.573 e. The zero-order chi connectivity index (χ0) is 19.2. The monoisotopic (exact) mass is 369 g/mol. The second kappa shape index (κ2) is 8.20. The molecule has 8 heteroatoms. The summed E-state index contributed by atoms with van der Waals surface area (Å²) in [6, 6.07) is 13.2. The summed E-state index contributed by atoms with van der Waals surface area (Å²) < 4.78 is 45.2. The van der Waals surface area contributed by atoms with Crippen molar-refractivity contribution >= 4 is 5.91 Å². The van der Waals surface area contributed by atoms with Crippen LogP contribution in [0, 0.1) is 0 Å². The molecule has 2 rings (SSSR count). The average molecular weight is 369 g/mol. The van der Waals surface area contributed by atoms with E-state index in [1.165, 1.54) is 19.2 Å². The van der Waals surface area contributed by atoms with Crippen molar-refractivity contribution in [1.29, 1.82) is 0 Å².